The molecule has 3 aromatic carbocycles. The Kier molecular flexibility index (Phi) is 5.91. The van der Waals surface area contributed by atoms with E-state index in [1.165, 1.54) is 6.07 Å². The van der Waals surface area contributed by atoms with Crippen LogP contribution >= 0.6 is 23.2 Å². The summed E-state index contributed by atoms with van der Waals surface area (Å²) in [6.45, 7) is 5.81. The predicted octanol–water partition coefficient (Wildman–Crippen LogP) is 7.10. The van der Waals surface area contributed by atoms with Crippen LogP contribution in [0.15, 0.2) is 64.4 Å². The molecule has 6 nitrogen and oxygen atoms in total. The summed E-state index contributed by atoms with van der Waals surface area (Å²) in [4.78, 5) is 13.0. The number of benzene rings is 3. The van der Waals surface area contributed by atoms with E-state index < -0.39 is 11.9 Å². The van der Waals surface area contributed by atoms with E-state index in [1.54, 1.807) is 30.3 Å². The van der Waals surface area contributed by atoms with Gasteiger partial charge in [0.2, 0.25) is 11.6 Å². The smallest absolute Gasteiger partial charge is 0.379 e. The van der Waals surface area contributed by atoms with Gasteiger partial charge in [-0.1, -0.05) is 35.3 Å². The van der Waals surface area contributed by atoms with Crippen molar-refractivity contribution in [3.63, 3.8) is 0 Å². The molecule has 1 unspecified atom stereocenters. The number of hydrogen-bond acceptors (Lipinski definition) is 6. The molecule has 1 atom stereocenters. The lowest BCUT2D eigenvalue weighted by molar-refractivity contribution is 0.0702. The van der Waals surface area contributed by atoms with Gasteiger partial charge in [-0.15, -0.1) is 0 Å². The van der Waals surface area contributed by atoms with E-state index in [4.69, 9.17) is 42.8 Å². The van der Waals surface area contributed by atoms with Crippen LogP contribution in [-0.2, 0) is 0 Å². The van der Waals surface area contributed by atoms with Crippen molar-refractivity contribution >= 4 is 40.1 Å². The van der Waals surface area contributed by atoms with Gasteiger partial charge in [0.05, 0.1) is 5.92 Å². The van der Waals surface area contributed by atoms with Crippen LogP contribution in [0.5, 0.6) is 11.5 Å². The summed E-state index contributed by atoms with van der Waals surface area (Å²) in [6.07, 6.45) is 0. The molecule has 180 valence electrons. The summed E-state index contributed by atoms with van der Waals surface area (Å²) in [5, 5.41) is 11.4. The Hall–Kier alpha value is -3.92. The summed E-state index contributed by atoms with van der Waals surface area (Å²) in [5.41, 5.74) is 10.9. The number of fused-ring (bicyclic) bond motifs is 2. The number of nitriles is 1. The molecule has 4 aromatic rings. The van der Waals surface area contributed by atoms with E-state index in [0.717, 1.165) is 16.5 Å². The number of allylic oxidation sites excluding steroid dienone is 1. The summed E-state index contributed by atoms with van der Waals surface area (Å²) in [5.74, 6) is -0.682. The number of esters is 1. The van der Waals surface area contributed by atoms with E-state index >= 15 is 0 Å². The third-order valence-corrected chi connectivity index (χ3v) is 7.09. The van der Waals surface area contributed by atoms with Crippen LogP contribution in [0.3, 0.4) is 0 Å². The molecule has 8 heteroatoms. The molecule has 0 saturated heterocycles. The van der Waals surface area contributed by atoms with Crippen molar-refractivity contribution in [3.8, 4) is 17.6 Å². The van der Waals surface area contributed by atoms with Gasteiger partial charge >= 0.3 is 5.97 Å². The molecular formula is C28H20Cl2N2O4. The average molecular weight is 519 g/mol. The molecule has 1 aromatic heterocycles. The topological polar surface area (TPSA) is 98.5 Å². The minimum absolute atomic E-state index is 0.0756. The zero-order chi connectivity index (χ0) is 25.7. The Morgan fingerprint density at radius 1 is 1.06 bits per heavy atom. The summed E-state index contributed by atoms with van der Waals surface area (Å²) >= 11 is 12.9. The second-order valence-corrected chi connectivity index (χ2v) is 9.45. The van der Waals surface area contributed by atoms with Gasteiger partial charge in [-0.25, -0.2) is 4.79 Å². The van der Waals surface area contributed by atoms with Crippen LogP contribution < -0.4 is 15.2 Å². The van der Waals surface area contributed by atoms with Gasteiger partial charge in [-0.3, -0.25) is 0 Å². The Bertz CT molecular complexity index is 1630. The standard InChI is InChI=1S/C28H20Cl2N2O4/c1-13-9-18-15(3)26(35-22(18)10-14(13)2)28(33)34-16-7-8-17-23(11-16)36-27(32)19(12-31)24(17)25-20(29)5-4-6-21(25)30/h4-11,24H,32H2,1-3H3. The Labute approximate surface area is 217 Å². The van der Waals surface area contributed by atoms with Gasteiger partial charge in [-0.05, 0) is 62.2 Å². The van der Waals surface area contributed by atoms with Crippen LogP contribution in [0.2, 0.25) is 10.0 Å². The maximum absolute atomic E-state index is 13.0. The first kappa shape index (κ1) is 23.8. The van der Waals surface area contributed by atoms with Gasteiger partial charge in [0, 0.05) is 38.2 Å². The largest absolute Gasteiger partial charge is 0.449 e. The Balaban J connectivity index is 1.52. The van der Waals surface area contributed by atoms with Gasteiger partial charge in [0.1, 0.15) is 28.7 Å². The van der Waals surface area contributed by atoms with Crippen molar-refractivity contribution < 1.29 is 18.7 Å². The molecule has 0 bridgehead atoms. The first-order valence-electron chi connectivity index (χ1n) is 11.1. The van der Waals surface area contributed by atoms with Crippen LogP contribution in [0.1, 0.15) is 44.3 Å². The summed E-state index contributed by atoms with van der Waals surface area (Å²) in [6, 6.07) is 16.0. The van der Waals surface area contributed by atoms with E-state index in [1.807, 2.05) is 32.9 Å². The number of carbonyl (C=O) groups excluding carboxylic acids is 1. The molecule has 1 aliphatic rings. The van der Waals surface area contributed by atoms with Crippen molar-refractivity contribution in [3.05, 3.63) is 104 Å². The van der Waals surface area contributed by atoms with Crippen LogP contribution in [0.25, 0.3) is 11.0 Å². The minimum atomic E-state index is -0.645. The maximum Gasteiger partial charge on any atom is 0.379 e. The molecule has 1 aliphatic heterocycles. The third kappa shape index (κ3) is 3.87. The molecular weight excluding hydrogens is 499 g/mol. The molecule has 0 radical (unpaired) electrons. The highest BCUT2D eigenvalue weighted by Crippen LogP contribution is 2.47. The molecule has 0 fully saturated rings. The van der Waals surface area contributed by atoms with E-state index in [-0.39, 0.29) is 23.0 Å². The number of nitrogens with zero attached hydrogens (tertiary/aromatic N) is 1. The number of aryl methyl sites for hydroxylation is 3. The van der Waals surface area contributed by atoms with Crippen LogP contribution in [-0.4, -0.2) is 5.97 Å². The molecule has 0 aliphatic carbocycles. The lowest BCUT2D eigenvalue weighted by atomic mass is 9.83. The van der Waals surface area contributed by atoms with E-state index in [9.17, 15) is 10.1 Å². The van der Waals surface area contributed by atoms with Gasteiger partial charge in [0.25, 0.3) is 0 Å². The highest BCUT2D eigenvalue weighted by molar-refractivity contribution is 6.36. The van der Waals surface area contributed by atoms with E-state index in [0.29, 0.717) is 38.1 Å². The molecule has 0 spiro atoms. The molecule has 36 heavy (non-hydrogen) atoms. The average Bonchev–Trinajstić information content (AvgIpc) is 3.14. The zero-order valence-corrected chi connectivity index (χ0v) is 21.1. The highest BCUT2D eigenvalue weighted by Gasteiger charge is 2.34. The van der Waals surface area contributed by atoms with Gasteiger partial charge < -0.3 is 19.6 Å². The van der Waals surface area contributed by atoms with Gasteiger partial charge in [0.15, 0.2) is 0 Å². The lowest BCUT2D eigenvalue weighted by Gasteiger charge is -2.27. The number of nitrogens with two attached hydrogens (primary N) is 1. The third-order valence-electron chi connectivity index (χ3n) is 6.43. The van der Waals surface area contributed by atoms with E-state index in [2.05, 4.69) is 6.07 Å². The highest BCUT2D eigenvalue weighted by atomic mass is 35.5. The molecule has 2 heterocycles. The number of furan rings is 1. The van der Waals surface area contributed by atoms with Crippen molar-refractivity contribution in [2.24, 2.45) is 5.73 Å². The van der Waals surface area contributed by atoms with Crippen molar-refractivity contribution in [1.82, 2.24) is 0 Å². The molecule has 2 N–H and O–H groups in total. The fraction of sp³-hybridized carbons (Fsp3) is 0.143. The van der Waals surface area contributed by atoms with Crippen molar-refractivity contribution in [1.29, 1.82) is 5.26 Å². The first-order chi connectivity index (χ1) is 17.2. The number of hydrogen-bond donors (Lipinski definition) is 1. The minimum Gasteiger partial charge on any atom is -0.449 e. The summed E-state index contributed by atoms with van der Waals surface area (Å²) in [7, 11) is 0. The number of halogens is 2. The summed E-state index contributed by atoms with van der Waals surface area (Å²) < 4.78 is 17.2. The van der Waals surface area contributed by atoms with Crippen LogP contribution in [0, 0.1) is 32.1 Å². The first-order valence-corrected chi connectivity index (χ1v) is 11.8. The normalized spacial score (nSPS) is 14.8. The molecule has 0 saturated carbocycles. The quantitative estimate of drug-likeness (QED) is 0.229. The lowest BCUT2D eigenvalue weighted by Crippen LogP contribution is -2.21. The molecule has 5 rings (SSSR count). The predicted molar refractivity (Wildman–Crippen MR) is 138 cm³/mol. The Morgan fingerprint density at radius 2 is 1.75 bits per heavy atom. The second kappa shape index (κ2) is 8.94. The van der Waals surface area contributed by atoms with Crippen LogP contribution in [0.4, 0.5) is 0 Å². The van der Waals surface area contributed by atoms with Gasteiger partial charge in [-0.2, -0.15) is 5.26 Å². The number of ether oxygens (including phenoxy) is 2. The Morgan fingerprint density at radius 3 is 2.44 bits per heavy atom. The van der Waals surface area contributed by atoms with Crippen molar-refractivity contribution in [2.75, 3.05) is 0 Å². The maximum atomic E-state index is 13.0. The number of rotatable bonds is 3. The zero-order valence-electron chi connectivity index (χ0n) is 19.6. The van der Waals surface area contributed by atoms with Crippen molar-refractivity contribution in [2.45, 2.75) is 26.7 Å². The number of carbonyl (C=O) groups is 1. The fourth-order valence-electron chi connectivity index (χ4n) is 4.41. The monoisotopic (exact) mass is 518 g/mol. The fourth-order valence-corrected chi connectivity index (χ4v) is 5.02. The molecule has 0 amide bonds. The second-order valence-electron chi connectivity index (χ2n) is 8.64. The SMILES string of the molecule is Cc1cc2oc(C(=O)Oc3ccc4c(c3)OC(N)=C(C#N)C4c3c(Cl)cccc3Cl)c(C)c2cc1C.